The fraction of sp³-hybridized carbons (Fsp3) is 0.786. The Labute approximate surface area is 115 Å². The Hall–Kier alpha value is -0.450. The summed E-state index contributed by atoms with van der Waals surface area (Å²) in [5.74, 6) is 0. The Kier molecular flexibility index (Phi) is 6.82. The van der Waals surface area contributed by atoms with Crippen molar-refractivity contribution < 1.29 is 0 Å². The summed E-state index contributed by atoms with van der Waals surface area (Å²) in [4.78, 5) is 7.16. The minimum Gasteiger partial charge on any atom is -0.322 e. The van der Waals surface area contributed by atoms with Gasteiger partial charge in [0.05, 0.1) is 11.7 Å². The highest BCUT2D eigenvalue weighted by atomic mass is 32.1. The van der Waals surface area contributed by atoms with Crippen LogP contribution in [0, 0.1) is 0 Å². The van der Waals surface area contributed by atoms with E-state index < -0.39 is 0 Å². The number of rotatable bonds is 8. The van der Waals surface area contributed by atoms with Crippen LogP contribution in [0.1, 0.15) is 63.7 Å². The van der Waals surface area contributed by atoms with E-state index in [1.165, 1.54) is 25.0 Å². The van der Waals surface area contributed by atoms with E-state index in [0.717, 1.165) is 18.1 Å². The quantitative estimate of drug-likeness (QED) is 0.784. The van der Waals surface area contributed by atoms with Gasteiger partial charge in [-0.25, -0.2) is 4.98 Å². The first kappa shape index (κ1) is 15.6. The maximum atomic E-state index is 5.86. The second-order valence-electron chi connectivity index (χ2n) is 5.05. The molecule has 0 aliphatic rings. The molecule has 3 nitrogen and oxygen atoms in total. The fourth-order valence-corrected chi connectivity index (χ4v) is 2.66. The highest BCUT2D eigenvalue weighted by Gasteiger charge is 2.14. The zero-order chi connectivity index (χ0) is 13.5. The highest BCUT2D eigenvalue weighted by Crippen LogP contribution is 2.18. The van der Waals surface area contributed by atoms with E-state index in [-0.39, 0.29) is 6.04 Å². The first-order valence-electron chi connectivity index (χ1n) is 7.02. The minimum atomic E-state index is 0.0523. The topological polar surface area (TPSA) is 42.1 Å². The summed E-state index contributed by atoms with van der Waals surface area (Å²) in [5.41, 5.74) is 7.03. The summed E-state index contributed by atoms with van der Waals surface area (Å²) in [7, 11) is 0. The van der Waals surface area contributed by atoms with Gasteiger partial charge in [-0.05, 0) is 33.2 Å². The number of thiazole rings is 1. The van der Waals surface area contributed by atoms with Crippen LogP contribution in [0.2, 0.25) is 0 Å². The Morgan fingerprint density at radius 3 is 2.61 bits per heavy atom. The molecule has 0 fully saturated rings. The molecule has 4 heteroatoms. The van der Waals surface area contributed by atoms with Gasteiger partial charge in [-0.2, -0.15) is 0 Å². The van der Waals surface area contributed by atoms with Crippen LogP contribution in [0.5, 0.6) is 0 Å². The van der Waals surface area contributed by atoms with E-state index in [0.29, 0.717) is 6.04 Å². The molecule has 0 amide bonds. The van der Waals surface area contributed by atoms with Gasteiger partial charge >= 0.3 is 0 Å². The molecule has 18 heavy (non-hydrogen) atoms. The largest absolute Gasteiger partial charge is 0.322 e. The molecule has 1 heterocycles. The standard InChI is InChI=1S/C14H27N3S/c1-5-7-8-17(11(3)6-2)9-13-10-18-14(16-13)12(4)15/h10-12H,5-9,15H2,1-4H3. The highest BCUT2D eigenvalue weighted by molar-refractivity contribution is 7.09. The average Bonchev–Trinajstić information content (AvgIpc) is 2.82. The lowest BCUT2D eigenvalue weighted by Crippen LogP contribution is -2.33. The van der Waals surface area contributed by atoms with Gasteiger partial charge in [-0.3, -0.25) is 4.90 Å². The van der Waals surface area contributed by atoms with Crippen molar-refractivity contribution in [3.8, 4) is 0 Å². The molecule has 0 aliphatic heterocycles. The van der Waals surface area contributed by atoms with E-state index in [1.54, 1.807) is 11.3 Å². The predicted molar refractivity (Wildman–Crippen MR) is 79.8 cm³/mol. The molecule has 104 valence electrons. The molecule has 1 aromatic rings. The van der Waals surface area contributed by atoms with Crippen LogP contribution < -0.4 is 5.73 Å². The Morgan fingerprint density at radius 2 is 2.11 bits per heavy atom. The molecule has 1 rings (SSSR count). The normalized spacial score (nSPS) is 15.0. The molecular weight excluding hydrogens is 242 g/mol. The lowest BCUT2D eigenvalue weighted by Gasteiger charge is -2.27. The summed E-state index contributed by atoms with van der Waals surface area (Å²) >= 11 is 1.68. The molecule has 0 saturated heterocycles. The van der Waals surface area contributed by atoms with E-state index in [2.05, 4.69) is 36.0 Å². The van der Waals surface area contributed by atoms with Crippen LogP contribution in [0.25, 0.3) is 0 Å². The van der Waals surface area contributed by atoms with Gasteiger partial charge in [0.25, 0.3) is 0 Å². The average molecular weight is 269 g/mol. The molecular formula is C14H27N3S. The third-order valence-corrected chi connectivity index (χ3v) is 4.43. The van der Waals surface area contributed by atoms with Crippen LogP contribution in [-0.4, -0.2) is 22.5 Å². The first-order valence-corrected chi connectivity index (χ1v) is 7.90. The molecule has 2 unspecified atom stereocenters. The summed E-state index contributed by atoms with van der Waals surface area (Å²) < 4.78 is 0. The SMILES string of the molecule is CCCCN(Cc1csc(C(C)N)n1)C(C)CC. The second kappa shape index (κ2) is 7.87. The van der Waals surface area contributed by atoms with Crippen LogP contribution in [0.15, 0.2) is 5.38 Å². The molecule has 2 N–H and O–H groups in total. The number of hydrogen-bond donors (Lipinski definition) is 1. The predicted octanol–water partition coefficient (Wildman–Crippen LogP) is 3.56. The molecule has 0 aromatic carbocycles. The number of hydrogen-bond acceptors (Lipinski definition) is 4. The molecule has 0 spiro atoms. The third kappa shape index (κ3) is 4.67. The van der Waals surface area contributed by atoms with Crippen molar-refractivity contribution in [1.29, 1.82) is 0 Å². The van der Waals surface area contributed by atoms with Crippen molar-refractivity contribution in [1.82, 2.24) is 9.88 Å². The zero-order valence-corrected chi connectivity index (χ0v) is 13.0. The maximum Gasteiger partial charge on any atom is 0.109 e. The Bertz CT molecular complexity index is 336. The second-order valence-corrected chi connectivity index (χ2v) is 5.94. The van der Waals surface area contributed by atoms with Gasteiger partial charge < -0.3 is 5.73 Å². The van der Waals surface area contributed by atoms with Gasteiger partial charge in [-0.1, -0.05) is 20.3 Å². The smallest absolute Gasteiger partial charge is 0.109 e. The summed E-state index contributed by atoms with van der Waals surface area (Å²) in [6.07, 6.45) is 3.69. The van der Waals surface area contributed by atoms with Crippen molar-refractivity contribution in [2.24, 2.45) is 5.73 Å². The third-order valence-electron chi connectivity index (χ3n) is 3.34. The van der Waals surface area contributed by atoms with Crippen molar-refractivity contribution in [3.05, 3.63) is 16.1 Å². The summed E-state index contributed by atoms with van der Waals surface area (Å²) in [5, 5.41) is 3.20. The minimum absolute atomic E-state index is 0.0523. The Balaban J connectivity index is 2.63. The van der Waals surface area contributed by atoms with Crippen molar-refractivity contribution >= 4 is 11.3 Å². The molecule has 0 saturated carbocycles. The number of nitrogens with zero attached hydrogens (tertiary/aromatic N) is 2. The lowest BCUT2D eigenvalue weighted by atomic mass is 10.2. The lowest BCUT2D eigenvalue weighted by molar-refractivity contribution is 0.190. The van der Waals surface area contributed by atoms with E-state index >= 15 is 0 Å². The molecule has 1 aromatic heterocycles. The maximum absolute atomic E-state index is 5.86. The van der Waals surface area contributed by atoms with Crippen molar-refractivity contribution in [2.45, 2.75) is 65.6 Å². The monoisotopic (exact) mass is 269 g/mol. The number of aromatic nitrogens is 1. The van der Waals surface area contributed by atoms with Crippen LogP contribution in [-0.2, 0) is 6.54 Å². The molecule has 0 bridgehead atoms. The van der Waals surface area contributed by atoms with E-state index in [4.69, 9.17) is 5.73 Å². The van der Waals surface area contributed by atoms with Crippen LogP contribution >= 0.6 is 11.3 Å². The van der Waals surface area contributed by atoms with Crippen LogP contribution in [0.4, 0.5) is 0 Å². The molecule has 0 aliphatic carbocycles. The van der Waals surface area contributed by atoms with Gasteiger partial charge in [0.2, 0.25) is 0 Å². The summed E-state index contributed by atoms with van der Waals surface area (Å²) in [6, 6.07) is 0.674. The molecule has 0 radical (unpaired) electrons. The van der Waals surface area contributed by atoms with E-state index in [9.17, 15) is 0 Å². The number of nitrogens with two attached hydrogens (primary N) is 1. The summed E-state index contributed by atoms with van der Waals surface area (Å²) in [6.45, 7) is 10.9. The van der Waals surface area contributed by atoms with Gasteiger partial charge in [0.1, 0.15) is 5.01 Å². The Morgan fingerprint density at radius 1 is 1.39 bits per heavy atom. The van der Waals surface area contributed by atoms with Crippen molar-refractivity contribution in [2.75, 3.05) is 6.54 Å². The zero-order valence-electron chi connectivity index (χ0n) is 12.1. The first-order chi connectivity index (χ1) is 8.58. The van der Waals surface area contributed by atoms with Crippen molar-refractivity contribution in [3.63, 3.8) is 0 Å². The van der Waals surface area contributed by atoms with Crippen LogP contribution in [0.3, 0.4) is 0 Å². The number of unbranched alkanes of at least 4 members (excludes halogenated alkanes) is 1. The van der Waals surface area contributed by atoms with E-state index in [1.807, 2.05) is 6.92 Å². The van der Waals surface area contributed by atoms with Gasteiger partial charge in [-0.15, -0.1) is 11.3 Å². The molecule has 2 atom stereocenters. The van der Waals surface area contributed by atoms with Gasteiger partial charge in [0.15, 0.2) is 0 Å². The van der Waals surface area contributed by atoms with Gasteiger partial charge in [0, 0.05) is 18.0 Å². The fourth-order valence-electron chi connectivity index (χ4n) is 1.89.